The summed E-state index contributed by atoms with van der Waals surface area (Å²) in [5, 5.41) is 2.95. The number of hydrogen-bond acceptors (Lipinski definition) is 3. The van der Waals surface area contributed by atoms with E-state index >= 15 is 0 Å². The number of morpholine rings is 1. The van der Waals surface area contributed by atoms with Crippen LogP contribution in [-0.4, -0.2) is 54.8 Å². The molecule has 1 N–H and O–H groups in total. The molecule has 1 fully saturated rings. The molecule has 2 rings (SSSR count). The molecule has 1 saturated heterocycles. The van der Waals surface area contributed by atoms with E-state index in [1.807, 2.05) is 29.9 Å². The Kier molecular flexibility index (Phi) is 4.78. The summed E-state index contributed by atoms with van der Waals surface area (Å²) < 4.78 is 7.12. The average Bonchev–Trinajstić information content (AvgIpc) is 2.82. The minimum Gasteiger partial charge on any atom is -0.379 e. The summed E-state index contributed by atoms with van der Waals surface area (Å²) in [4.78, 5) is 14.2. The lowest BCUT2D eigenvalue weighted by molar-refractivity contribution is 0.0374. The van der Waals surface area contributed by atoms with Crippen molar-refractivity contribution < 1.29 is 9.53 Å². The molecule has 1 aliphatic rings. The highest BCUT2D eigenvalue weighted by Gasteiger charge is 2.10. The van der Waals surface area contributed by atoms with Gasteiger partial charge in [0.05, 0.1) is 13.2 Å². The van der Waals surface area contributed by atoms with Gasteiger partial charge >= 0.3 is 0 Å². The van der Waals surface area contributed by atoms with Crippen LogP contribution in [0, 0.1) is 0 Å². The van der Waals surface area contributed by atoms with Crippen molar-refractivity contribution in [3.8, 4) is 0 Å². The second-order valence-corrected chi connectivity index (χ2v) is 4.57. The third kappa shape index (κ3) is 3.58. The Morgan fingerprint density at radius 3 is 2.89 bits per heavy atom. The summed E-state index contributed by atoms with van der Waals surface area (Å²) in [7, 11) is 1.88. The van der Waals surface area contributed by atoms with Gasteiger partial charge in [-0.1, -0.05) is 0 Å². The third-order valence-corrected chi connectivity index (χ3v) is 3.22. The lowest BCUT2D eigenvalue weighted by atomic mass is 10.3. The molecule has 0 unspecified atom stereocenters. The normalized spacial score (nSPS) is 16.7. The lowest BCUT2D eigenvalue weighted by Gasteiger charge is -2.26. The first-order chi connectivity index (χ1) is 8.77. The van der Waals surface area contributed by atoms with Crippen LogP contribution in [-0.2, 0) is 11.8 Å². The van der Waals surface area contributed by atoms with Gasteiger partial charge in [-0.15, -0.1) is 0 Å². The molecule has 0 radical (unpaired) electrons. The molecule has 1 amide bonds. The van der Waals surface area contributed by atoms with Gasteiger partial charge < -0.3 is 14.6 Å². The summed E-state index contributed by atoms with van der Waals surface area (Å²) in [6.45, 7) is 5.42. The van der Waals surface area contributed by atoms with Crippen molar-refractivity contribution in [2.24, 2.45) is 7.05 Å². The van der Waals surface area contributed by atoms with Crippen molar-refractivity contribution in [1.29, 1.82) is 0 Å². The van der Waals surface area contributed by atoms with Crippen LogP contribution in [0.25, 0.3) is 0 Å². The van der Waals surface area contributed by atoms with E-state index in [4.69, 9.17) is 4.74 Å². The van der Waals surface area contributed by atoms with E-state index in [-0.39, 0.29) is 5.91 Å². The van der Waals surface area contributed by atoms with E-state index < -0.39 is 0 Å². The van der Waals surface area contributed by atoms with Crippen molar-refractivity contribution in [2.75, 3.05) is 39.4 Å². The number of amides is 1. The van der Waals surface area contributed by atoms with Gasteiger partial charge in [-0.05, 0) is 25.1 Å². The first-order valence-corrected chi connectivity index (χ1v) is 6.47. The topological polar surface area (TPSA) is 46.5 Å². The molecule has 0 spiro atoms. The van der Waals surface area contributed by atoms with Gasteiger partial charge in [-0.25, -0.2) is 0 Å². The predicted molar refractivity (Wildman–Crippen MR) is 69.6 cm³/mol. The molecule has 0 aromatic carbocycles. The number of ether oxygens (including phenoxy) is 1. The summed E-state index contributed by atoms with van der Waals surface area (Å²) >= 11 is 0. The monoisotopic (exact) mass is 251 g/mol. The maximum Gasteiger partial charge on any atom is 0.267 e. The van der Waals surface area contributed by atoms with Crippen LogP contribution in [0.1, 0.15) is 16.9 Å². The van der Waals surface area contributed by atoms with Crippen molar-refractivity contribution in [3.05, 3.63) is 24.0 Å². The van der Waals surface area contributed by atoms with Gasteiger partial charge in [0, 0.05) is 32.9 Å². The van der Waals surface area contributed by atoms with Crippen LogP contribution >= 0.6 is 0 Å². The number of nitrogens with one attached hydrogen (secondary N) is 1. The number of hydrogen-bond donors (Lipinski definition) is 1. The maximum atomic E-state index is 11.8. The fourth-order valence-electron chi connectivity index (χ4n) is 2.12. The van der Waals surface area contributed by atoms with E-state index in [1.54, 1.807) is 0 Å². The average molecular weight is 251 g/mol. The highest BCUT2D eigenvalue weighted by molar-refractivity contribution is 5.92. The minimum absolute atomic E-state index is 0.00415. The van der Waals surface area contributed by atoms with Crippen LogP contribution in [0.5, 0.6) is 0 Å². The van der Waals surface area contributed by atoms with Crippen molar-refractivity contribution in [1.82, 2.24) is 14.8 Å². The number of aromatic nitrogens is 1. The number of rotatable bonds is 5. The highest BCUT2D eigenvalue weighted by Crippen LogP contribution is 2.00. The summed E-state index contributed by atoms with van der Waals surface area (Å²) in [6, 6.07) is 3.71. The molecule has 100 valence electrons. The van der Waals surface area contributed by atoms with Crippen LogP contribution in [0.15, 0.2) is 18.3 Å². The molecule has 0 bridgehead atoms. The second-order valence-electron chi connectivity index (χ2n) is 4.57. The number of aryl methyl sites for hydroxylation is 1. The molecular weight excluding hydrogens is 230 g/mol. The molecule has 1 aromatic rings. The Labute approximate surface area is 108 Å². The van der Waals surface area contributed by atoms with Gasteiger partial charge in [0.25, 0.3) is 5.91 Å². The Balaban J connectivity index is 1.63. The van der Waals surface area contributed by atoms with E-state index in [1.165, 1.54) is 0 Å². The smallest absolute Gasteiger partial charge is 0.267 e. The van der Waals surface area contributed by atoms with E-state index in [9.17, 15) is 4.79 Å². The molecule has 18 heavy (non-hydrogen) atoms. The van der Waals surface area contributed by atoms with Gasteiger partial charge in [0.15, 0.2) is 0 Å². The zero-order valence-corrected chi connectivity index (χ0v) is 10.9. The van der Waals surface area contributed by atoms with E-state index in [0.29, 0.717) is 5.69 Å². The zero-order chi connectivity index (χ0) is 12.8. The van der Waals surface area contributed by atoms with Gasteiger partial charge in [0.2, 0.25) is 0 Å². The molecule has 2 heterocycles. The second kappa shape index (κ2) is 6.56. The van der Waals surface area contributed by atoms with Crippen molar-refractivity contribution >= 4 is 5.91 Å². The summed E-state index contributed by atoms with van der Waals surface area (Å²) in [5.74, 6) is 0.00415. The number of nitrogens with zero attached hydrogens (tertiary/aromatic N) is 2. The Morgan fingerprint density at radius 1 is 1.44 bits per heavy atom. The first-order valence-electron chi connectivity index (χ1n) is 6.47. The molecule has 0 aliphatic carbocycles. The SMILES string of the molecule is Cn1cccc1C(=O)NCCCN1CCOCC1. The van der Waals surface area contributed by atoms with Crippen LogP contribution < -0.4 is 5.32 Å². The van der Waals surface area contributed by atoms with Crippen molar-refractivity contribution in [2.45, 2.75) is 6.42 Å². The predicted octanol–water partition coefficient (Wildman–Crippen LogP) is 0.477. The number of carbonyl (C=O) groups is 1. The van der Waals surface area contributed by atoms with E-state index in [0.717, 1.165) is 45.8 Å². The maximum absolute atomic E-state index is 11.8. The standard InChI is InChI=1S/C13H21N3O2/c1-15-6-2-4-12(15)13(17)14-5-3-7-16-8-10-18-11-9-16/h2,4,6H,3,5,7-11H2,1H3,(H,14,17). The number of carbonyl (C=O) groups excluding carboxylic acids is 1. The molecule has 1 aliphatic heterocycles. The van der Waals surface area contributed by atoms with Crippen LogP contribution in [0.4, 0.5) is 0 Å². The Bertz CT molecular complexity index is 383. The van der Waals surface area contributed by atoms with Gasteiger partial charge in [-0.2, -0.15) is 0 Å². The fraction of sp³-hybridized carbons (Fsp3) is 0.615. The Morgan fingerprint density at radius 2 is 2.22 bits per heavy atom. The summed E-state index contributed by atoms with van der Waals surface area (Å²) in [6.07, 6.45) is 2.86. The molecule has 5 nitrogen and oxygen atoms in total. The minimum atomic E-state index is 0.00415. The summed E-state index contributed by atoms with van der Waals surface area (Å²) in [5.41, 5.74) is 0.710. The molecule has 0 saturated carbocycles. The molecular formula is C13H21N3O2. The quantitative estimate of drug-likeness (QED) is 0.774. The van der Waals surface area contributed by atoms with Gasteiger partial charge in [0.1, 0.15) is 5.69 Å². The largest absolute Gasteiger partial charge is 0.379 e. The third-order valence-electron chi connectivity index (χ3n) is 3.22. The zero-order valence-electron chi connectivity index (χ0n) is 10.9. The highest BCUT2D eigenvalue weighted by atomic mass is 16.5. The van der Waals surface area contributed by atoms with Crippen molar-refractivity contribution in [3.63, 3.8) is 0 Å². The van der Waals surface area contributed by atoms with Crippen LogP contribution in [0.3, 0.4) is 0 Å². The Hall–Kier alpha value is -1.33. The van der Waals surface area contributed by atoms with E-state index in [2.05, 4.69) is 10.2 Å². The molecule has 0 atom stereocenters. The lowest BCUT2D eigenvalue weighted by Crippen LogP contribution is -2.38. The first kappa shape index (κ1) is 13.1. The van der Waals surface area contributed by atoms with Crippen LogP contribution in [0.2, 0.25) is 0 Å². The fourth-order valence-corrected chi connectivity index (χ4v) is 2.12. The molecule has 1 aromatic heterocycles. The molecule has 5 heteroatoms. The van der Waals surface area contributed by atoms with Gasteiger partial charge in [-0.3, -0.25) is 9.69 Å².